The van der Waals surface area contributed by atoms with Gasteiger partial charge < -0.3 is 4.74 Å². The first kappa shape index (κ1) is 17.3. The van der Waals surface area contributed by atoms with Gasteiger partial charge in [0.25, 0.3) is 0 Å². The van der Waals surface area contributed by atoms with Crippen LogP contribution in [0.1, 0.15) is 5.56 Å². The zero-order chi connectivity index (χ0) is 16.7. The summed E-state index contributed by atoms with van der Waals surface area (Å²) in [7, 11) is 0. The van der Waals surface area contributed by atoms with E-state index in [1.165, 1.54) is 17.8 Å². The molecule has 0 unspecified atom stereocenters. The van der Waals surface area contributed by atoms with Crippen molar-refractivity contribution in [3.63, 3.8) is 0 Å². The number of thioether (sulfide) groups is 1. The Bertz CT molecular complexity index is 724. The molecule has 7 heteroatoms. The van der Waals surface area contributed by atoms with Crippen LogP contribution in [0.3, 0.4) is 0 Å². The zero-order valence-corrected chi connectivity index (χ0v) is 14.6. The summed E-state index contributed by atoms with van der Waals surface area (Å²) in [5.41, 5.74) is 1.33. The molecule has 0 amide bonds. The van der Waals surface area contributed by atoms with Gasteiger partial charge in [-0.2, -0.15) is 5.26 Å². The molecule has 4 nitrogen and oxygen atoms in total. The number of rotatable bonds is 4. The number of halogens is 2. The van der Waals surface area contributed by atoms with E-state index in [9.17, 15) is 4.39 Å². The molecule has 23 heavy (non-hydrogen) atoms. The first-order valence-electron chi connectivity index (χ1n) is 6.57. The second-order valence-electron chi connectivity index (χ2n) is 4.37. The maximum absolute atomic E-state index is 14.2. The lowest BCUT2D eigenvalue weighted by Gasteiger charge is -2.10. The highest BCUT2D eigenvalue weighted by molar-refractivity contribution is 9.10. The second kappa shape index (κ2) is 8.56. The fourth-order valence-corrected chi connectivity index (χ4v) is 2.65. The lowest BCUT2D eigenvalue weighted by molar-refractivity contribution is 0.288. The number of nitrogens with zero attached hydrogens (tertiary/aromatic N) is 2. The van der Waals surface area contributed by atoms with Crippen LogP contribution in [-0.4, -0.2) is 11.4 Å². The lowest BCUT2D eigenvalue weighted by Crippen LogP contribution is -2.12. The van der Waals surface area contributed by atoms with Crippen molar-refractivity contribution >= 4 is 38.5 Å². The largest absolute Gasteiger partial charge is 0.485 e. The maximum Gasteiger partial charge on any atom is 0.183 e. The first-order valence-corrected chi connectivity index (χ1v) is 8.59. The lowest BCUT2D eigenvalue weighted by atomic mass is 10.2. The van der Waals surface area contributed by atoms with Crippen LogP contribution >= 0.6 is 27.7 Å². The van der Waals surface area contributed by atoms with Gasteiger partial charge >= 0.3 is 0 Å². The van der Waals surface area contributed by atoms with E-state index in [2.05, 4.69) is 26.2 Å². The summed E-state index contributed by atoms with van der Waals surface area (Å²) in [6.45, 7) is 0.269. The minimum absolute atomic E-state index is 0.131. The number of benzene rings is 2. The monoisotopic (exact) mass is 393 g/mol. The van der Waals surface area contributed by atoms with Crippen LogP contribution in [0, 0.1) is 17.3 Å². The molecule has 1 N–H and O–H groups in total. The minimum atomic E-state index is -0.522. The van der Waals surface area contributed by atoms with Gasteiger partial charge in [0, 0.05) is 6.07 Å². The van der Waals surface area contributed by atoms with Crippen molar-refractivity contribution in [3.05, 3.63) is 58.3 Å². The Morgan fingerprint density at radius 3 is 2.74 bits per heavy atom. The molecule has 0 saturated carbocycles. The summed E-state index contributed by atoms with van der Waals surface area (Å²) >= 11 is 4.56. The fraction of sp³-hybridized carbons (Fsp3) is 0.125. The van der Waals surface area contributed by atoms with Crippen LogP contribution < -0.4 is 10.1 Å². The number of nitriles is 1. The average molecular weight is 394 g/mol. The van der Waals surface area contributed by atoms with E-state index in [1.54, 1.807) is 18.5 Å². The van der Waals surface area contributed by atoms with Gasteiger partial charge in [-0.1, -0.05) is 42.1 Å². The van der Waals surface area contributed by atoms with Gasteiger partial charge in [-0.25, -0.2) is 9.38 Å². The highest BCUT2D eigenvalue weighted by Crippen LogP contribution is 2.33. The summed E-state index contributed by atoms with van der Waals surface area (Å²) in [5.74, 6) is -0.391. The third kappa shape index (κ3) is 4.98. The van der Waals surface area contributed by atoms with Crippen LogP contribution in [0.4, 0.5) is 10.1 Å². The first-order chi connectivity index (χ1) is 11.1. The van der Waals surface area contributed by atoms with Crippen LogP contribution in [0.25, 0.3) is 0 Å². The van der Waals surface area contributed by atoms with Gasteiger partial charge in [0.1, 0.15) is 6.61 Å². The van der Waals surface area contributed by atoms with E-state index < -0.39 is 5.82 Å². The maximum atomic E-state index is 14.2. The van der Waals surface area contributed by atoms with E-state index >= 15 is 0 Å². The van der Waals surface area contributed by atoms with Gasteiger partial charge in [0.05, 0.1) is 10.2 Å². The third-order valence-electron chi connectivity index (χ3n) is 2.80. The Balaban J connectivity index is 2.19. The SMILES string of the molecule is CSC(=Nc1cc(F)c(OCc2ccccc2)c(Br)c1)NC#N. The van der Waals surface area contributed by atoms with Gasteiger partial charge in [0.2, 0.25) is 0 Å². The number of aliphatic imine (C=N–C) groups is 1. The van der Waals surface area contributed by atoms with Crippen LogP contribution in [0.15, 0.2) is 51.9 Å². The molecule has 2 aromatic carbocycles. The molecule has 0 atom stereocenters. The fourth-order valence-electron chi connectivity index (χ4n) is 1.77. The van der Waals surface area contributed by atoms with Crippen molar-refractivity contribution in [2.45, 2.75) is 6.61 Å². The highest BCUT2D eigenvalue weighted by Gasteiger charge is 2.11. The molecule has 0 bridgehead atoms. The standard InChI is InChI=1S/C16H13BrFN3OS/c1-23-16(20-10-19)21-12-7-13(17)15(14(18)8-12)22-9-11-5-3-2-4-6-11/h2-8H,9H2,1H3,(H,20,21). The van der Waals surface area contributed by atoms with E-state index in [-0.39, 0.29) is 12.4 Å². The molecule has 0 aromatic heterocycles. The molecule has 0 aliphatic carbocycles. The number of amidine groups is 1. The molecule has 0 spiro atoms. The molecule has 0 saturated heterocycles. The molecule has 2 aromatic rings. The molecule has 118 valence electrons. The van der Waals surface area contributed by atoms with Crippen LogP contribution in [-0.2, 0) is 6.61 Å². The zero-order valence-electron chi connectivity index (χ0n) is 12.2. The molecule has 2 rings (SSSR count). The highest BCUT2D eigenvalue weighted by atomic mass is 79.9. The van der Waals surface area contributed by atoms with E-state index in [4.69, 9.17) is 10.00 Å². The van der Waals surface area contributed by atoms with Gasteiger partial charge in [0.15, 0.2) is 22.9 Å². The molecule has 0 aliphatic rings. The number of nitrogens with one attached hydrogen (secondary N) is 1. The minimum Gasteiger partial charge on any atom is -0.485 e. The molecule has 0 radical (unpaired) electrons. The smallest absolute Gasteiger partial charge is 0.183 e. The molecule has 0 aliphatic heterocycles. The van der Waals surface area contributed by atoms with Crippen molar-refractivity contribution in [2.24, 2.45) is 4.99 Å². The van der Waals surface area contributed by atoms with Crippen molar-refractivity contribution < 1.29 is 9.13 Å². The van der Waals surface area contributed by atoms with E-state index in [0.717, 1.165) is 5.56 Å². The van der Waals surface area contributed by atoms with Crippen molar-refractivity contribution in [1.29, 1.82) is 5.26 Å². The number of ether oxygens (including phenoxy) is 1. The Morgan fingerprint density at radius 1 is 1.39 bits per heavy atom. The predicted molar refractivity (Wildman–Crippen MR) is 94.2 cm³/mol. The van der Waals surface area contributed by atoms with Gasteiger partial charge in [-0.05, 0) is 33.8 Å². The van der Waals surface area contributed by atoms with E-state index in [1.807, 2.05) is 30.3 Å². The predicted octanol–water partition coefficient (Wildman–Crippen LogP) is 4.59. The van der Waals surface area contributed by atoms with Crippen LogP contribution in [0.2, 0.25) is 0 Å². The number of hydrogen-bond acceptors (Lipinski definition) is 4. The van der Waals surface area contributed by atoms with E-state index in [0.29, 0.717) is 15.3 Å². The Kier molecular flexibility index (Phi) is 6.44. The summed E-state index contributed by atoms with van der Waals surface area (Å²) in [4.78, 5) is 4.17. The Morgan fingerprint density at radius 2 is 2.13 bits per heavy atom. The second-order valence-corrected chi connectivity index (χ2v) is 6.02. The Labute approximate surface area is 146 Å². The topological polar surface area (TPSA) is 57.4 Å². The van der Waals surface area contributed by atoms with Crippen LogP contribution in [0.5, 0.6) is 5.75 Å². The number of hydrogen-bond donors (Lipinski definition) is 1. The normalized spacial score (nSPS) is 11.0. The van der Waals surface area contributed by atoms with Crippen molar-refractivity contribution in [1.82, 2.24) is 5.32 Å². The molecular weight excluding hydrogens is 381 g/mol. The van der Waals surface area contributed by atoms with Gasteiger partial charge in [-0.15, -0.1) is 0 Å². The quantitative estimate of drug-likeness (QED) is 0.357. The van der Waals surface area contributed by atoms with Crippen molar-refractivity contribution in [3.8, 4) is 11.9 Å². The molecule has 0 fully saturated rings. The van der Waals surface area contributed by atoms with Gasteiger partial charge in [-0.3, -0.25) is 5.32 Å². The summed E-state index contributed by atoms with van der Waals surface area (Å²) in [6, 6.07) is 12.4. The summed E-state index contributed by atoms with van der Waals surface area (Å²) in [6.07, 6.45) is 3.56. The summed E-state index contributed by atoms with van der Waals surface area (Å²) in [5, 5.41) is 11.4. The average Bonchev–Trinajstić information content (AvgIpc) is 2.54. The third-order valence-corrected chi connectivity index (χ3v) is 3.96. The Hall–Kier alpha value is -2.04. The summed E-state index contributed by atoms with van der Waals surface area (Å²) < 4.78 is 20.2. The molecular formula is C16H13BrFN3OS. The van der Waals surface area contributed by atoms with Crippen molar-refractivity contribution in [2.75, 3.05) is 6.26 Å². The molecule has 0 heterocycles.